The first-order valence-electron chi connectivity index (χ1n) is 5.87. The Kier molecular flexibility index (Phi) is 3.74. The van der Waals surface area contributed by atoms with Gasteiger partial charge in [-0.2, -0.15) is 5.10 Å². The molecule has 0 aliphatic rings. The Morgan fingerprint density at radius 3 is 3.05 bits per heavy atom. The number of aromatic nitrogens is 3. The Morgan fingerprint density at radius 1 is 1.58 bits per heavy atom. The van der Waals surface area contributed by atoms with Crippen LogP contribution in [0.2, 0.25) is 0 Å². The topological polar surface area (TPSA) is 96.7 Å². The number of aromatic amines is 1. The summed E-state index contributed by atoms with van der Waals surface area (Å²) in [5.41, 5.74) is 6.94. The molecule has 0 unspecified atom stereocenters. The maximum Gasteiger partial charge on any atom is 0.278 e. The predicted octanol–water partition coefficient (Wildman–Crippen LogP) is 1.73. The van der Waals surface area contributed by atoms with E-state index in [0.29, 0.717) is 17.8 Å². The lowest BCUT2D eigenvalue weighted by Crippen LogP contribution is -2.15. The van der Waals surface area contributed by atoms with Crippen LogP contribution in [0.4, 0.5) is 15.8 Å². The van der Waals surface area contributed by atoms with Crippen LogP contribution in [0.5, 0.6) is 0 Å². The number of H-pyrrole nitrogens is 1. The number of aryl methyl sites for hydroxylation is 1. The van der Waals surface area contributed by atoms with Gasteiger partial charge in [0.05, 0.1) is 23.3 Å². The van der Waals surface area contributed by atoms with E-state index in [0.717, 1.165) is 12.6 Å². The molecule has 6 nitrogen and oxygen atoms in total. The van der Waals surface area contributed by atoms with Gasteiger partial charge >= 0.3 is 0 Å². The van der Waals surface area contributed by atoms with Crippen LogP contribution >= 0.6 is 0 Å². The monoisotopic (exact) mass is 263 g/mol. The van der Waals surface area contributed by atoms with Gasteiger partial charge in [0.25, 0.3) is 5.91 Å². The molecule has 19 heavy (non-hydrogen) atoms. The molecule has 100 valence electrons. The van der Waals surface area contributed by atoms with Crippen molar-refractivity contribution in [2.45, 2.75) is 19.8 Å². The van der Waals surface area contributed by atoms with Gasteiger partial charge < -0.3 is 11.1 Å². The van der Waals surface area contributed by atoms with Crippen LogP contribution in [0.25, 0.3) is 0 Å². The van der Waals surface area contributed by atoms with Gasteiger partial charge in [0.1, 0.15) is 0 Å². The molecule has 0 radical (unpaired) electrons. The van der Waals surface area contributed by atoms with E-state index in [-0.39, 0.29) is 11.4 Å². The Hall–Kier alpha value is -2.44. The molecule has 2 aromatic heterocycles. The third-order valence-corrected chi connectivity index (χ3v) is 2.62. The van der Waals surface area contributed by atoms with Crippen LogP contribution in [0.3, 0.4) is 0 Å². The molecular formula is C12H14FN5O. The summed E-state index contributed by atoms with van der Waals surface area (Å²) >= 11 is 0. The van der Waals surface area contributed by atoms with Gasteiger partial charge in [0, 0.05) is 6.20 Å². The van der Waals surface area contributed by atoms with Gasteiger partial charge in [0.2, 0.25) is 0 Å². The Bertz CT molecular complexity index is 596. The van der Waals surface area contributed by atoms with E-state index in [2.05, 4.69) is 20.5 Å². The molecule has 7 heteroatoms. The van der Waals surface area contributed by atoms with Gasteiger partial charge in [-0.25, -0.2) is 4.39 Å². The second-order valence-corrected chi connectivity index (χ2v) is 4.02. The normalized spacial score (nSPS) is 10.4. The van der Waals surface area contributed by atoms with E-state index in [1.807, 2.05) is 6.92 Å². The van der Waals surface area contributed by atoms with Crippen molar-refractivity contribution in [1.29, 1.82) is 0 Å². The highest BCUT2D eigenvalue weighted by Crippen LogP contribution is 2.18. The van der Waals surface area contributed by atoms with Crippen LogP contribution < -0.4 is 11.1 Å². The molecule has 2 aromatic rings. The maximum absolute atomic E-state index is 13.4. The van der Waals surface area contributed by atoms with Gasteiger partial charge in [-0.15, -0.1) is 0 Å². The molecule has 0 aromatic carbocycles. The van der Waals surface area contributed by atoms with Crippen LogP contribution in [0, 0.1) is 5.82 Å². The van der Waals surface area contributed by atoms with E-state index < -0.39 is 11.7 Å². The number of rotatable bonds is 4. The largest absolute Gasteiger partial charge is 0.395 e. The Morgan fingerprint density at radius 2 is 2.37 bits per heavy atom. The summed E-state index contributed by atoms with van der Waals surface area (Å²) < 4.78 is 13.4. The number of carbonyl (C=O) groups excluding carboxylic acids is 1. The quantitative estimate of drug-likeness (QED) is 0.782. The first-order valence-corrected chi connectivity index (χ1v) is 5.87. The lowest BCUT2D eigenvalue weighted by molar-refractivity contribution is 0.102. The minimum absolute atomic E-state index is 0.0411. The molecule has 0 bridgehead atoms. The Labute approximate surface area is 109 Å². The van der Waals surface area contributed by atoms with Crippen molar-refractivity contribution in [2.75, 3.05) is 11.1 Å². The lowest BCUT2D eigenvalue weighted by Gasteiger charge is -2.04. The highest BCUT2D eigenvalue weighted by Gasteiger charge is 2.17. The van der Waals surface area contributed by atoms with Crippen molar-refractivity contribution in [2.24, 2.45) is 0 Å². The number of hydrogen-bond donors (Lipinski definition) is 3. The van der Waals surface area contributed by atoms with E-state index >= 15 is 0 Å². The number of nitrogens with zero attached hydrogens (tertiary/aromatic N) is 2. The highest BCUT2D eigenvalue weighted by atomic mass is 19.1. The van der Waals surface area contributed by atoms with Crippen LogP contribution in [-0.2, 0) is 6.42 Å². The van der Waals surface area contributed by atoms with E-state index in [9.17, 15) is 9.18 Å². The van der Waals surface area contributed by atoms with E-state index in [1.54, 1.807) is 0 Å². The van der Waals surface area contributed by atoms with Crippen molar-refractivity contribution >= 4 is 17.3 Å². The highest BCUT2D eigenvalue weighted by molar-refractivity contribution is 6.06. The van der Waals surface area contributed by atoms with Gasteiger partial charge in [0.15, 0.2) is 11.5 Å². The number of nitrogen functional groups attached to an aromatic ring is 1. The number of pyridine rings is 1. The summed E-state index contributed by atoms with van der Waals surface area (Å²) in [6, 6.07) is 1.36. The maximum atomic E-state index is 13.4. The minimum atomic E-state index is -0.612. The standard InChI is InChI=1S/C12H14FN5O/c1-2-3-9-10(14)11(18-17-9)12(19)16-8-4-5-15-6-7(8)13/h4-6H,2-3,14H2,1H3,(H,17,18)(H,15,16,19). The average molecular weight is 263 g/mol. The van der Waals surface area contributed by atoms with E-state index in [4.69, 9.17) is 5.73 Å². The Balaban J connectivity index is 2.19. The second-order valence-electron chi connectivity index (χ2n) is 4.02. The zero-order valence-corrected chi connectivity index (χ0v) is 10.4. The third kappa shape index (κ3) is 2.70. The molecule has 2 rings (SSSR count). The van der Waals surface area contributed by atoms with Crippen LogP contribution in [0.1, 0.15) is 29.5 Å². The molecule has 0 saturated heterocycles. The summed E-state index contributed by atoms with van der Waals surface area (Å²) in [7, 11) is 0. The molecule has 0 atom stereocenters. The lowest BCUT2D eigenvalue weighted by atomic mass is 10.2. The fourth-order valence-corrected chi connectivity index (χ4v) is 1.66. The number of carbonyl (C=O) groups is 1. The van der Waals surface area contributed by atoms with Gasteiger partial charge in [-0.3, -0.25) is 14.9 Å². The van der Waals surface area contributed by atoms with Gasteiger partial charge in [-0.1, -0.05) is 13.3 Å². The first-order chi connectivity index (χ1) is 9.13. The molecule has 0 aliphatic carbocycles. The zero-order valence-electron chi connectivity index (χ0n) is 10.4. The van der Waals surface area contributed by atoms with Crippen molar-refractivity contribution < 1.29 is 9.18 Å². The number of anilines is 2. The zero-order chi connectivity index (χ0) is 13.8. The third-order valence-electron chi connectivity index (χ3n) is 2.62. The number of nitrogens with one attached hydrogen (secondary N) is 2. The molecule has 4 N–H and O–H groups in total. The summed E-state index contributed by atoms with van der Waals surface area (Å²) in [6.45, 7) is 1.99. The van der Waals surface area contributed by atoms with E-state index in [1.165, 1.54) is 12.3 Å². The van der Waals surface area contributed by atoms with Crippen LogP contribution in [0.15, 0.2) is 18.5 Å². The molecule has 0 fully saturated rings. The average Bonchev–Trinajstić information content (AvgIpc) is 2.75. The summed E-state index contributed by atoms with van der Waals surface area (Å²) in [5, 5.41) is 8.98. The first kappa shape index (κ1) is 13.0. The summed E-state index contributed by atoms with van der Waals surface area (Å²) in [5.74, 6) is -1.17. The van der Waals surface area contributed by atoms with Crippen molar-refractivity contribution in [3.8, 4) is 0 Å². The minimum Gasteiger partial charge on any atom is -0.395 e. The fourth-order valence-electron chi connectivity index (χ4n) is 1.66. The van der Waals surface area contributed by atoms with Gasteiger partial charge in [-0.05, 0) is 12.5 Å². The fraction of sp³-hybridized carbons (Fsp3) is 0.250. The van der Waals surface area contributed by atoms with Crippen molar-refractivity contribution in [3.05, 3.63) is 35.7 Å². The van der Waals surface area contributed by atoms with Crippen molar-refractivity contribution in [1.82, 2.24) is 15.2 Å². The molecule has 0 saturated carbocycles. The molecule has 2 heterocycles. The molecule has 0 spiro atoms. The second kappa shape index (κ2) is 5.47. The molecule has 1 amide bonds. The summed E-state index contributed by atoms with van der Waals surface area (Å²) in [6.07, 6.45) is 3.99. The van der Waals surface area contributed by atoms with Crippen LogP contribution in [-0.4, -0.2) is 21.1 Å². The molecule has 0 aliphatic heterocycles. The number of hydrogen-bond acceptors (Lipinski definition) is 4. The number of nitrogens with two attached hydrogens (primary N) is 1. The summed E-state index contributed by atoms with van der Waals surface area (Å²) in [4.78, 5) is 15.5. The number of amides is 1. The smallest absolute Gasteiger partial charge is 0.278 e. The number of halogens is 1. The van der Waals surface area contributed by atoms with Crippen molar-refractivity contribution in [3.63, 3.8) is 0 Å². The molecular weight excluding hydrogens is 249 g/mol. The predicted molar refractivity (Wildman–Crippen MR) is 69.1 cm³/mol. The SMILES string of the molecule is CCCc1[nH]nc(C(=O)Nc2ccncc2F)c1N.